The molecule has 0 saturated carbocycles. The third-order valence-corrected chi connectivity index (χ3v) is 8.98. The van der Waals surface area contributed by atoms with Crippen molar-refractivity contribution in [3.05, 3.63) is 24.4 Å². The molecule has 1 aromatic heterocycles. The first-order valence-corrected chi connectivity index (χ1v) is 12.9. The van der Waals surface area contributed by atoms with E-state index in [1.165, 1.54) is 5.69 Å². The van der Waals surface area contributed by atoms with Gasteiger partial charge in [0.2, 0.25) is 0 Å². The summed E-state index contributed by atoms with van der Waals surface area (Å²) in [6, 6.07) is 6.70. The highest BCUT2D eigenvalue weighted by atomic mass is 32.2. The van der Waals surface area contributed by atoms with Crippen molar-refractivity contribution >= 4 is 32.5 Å². The first-order chi connectivity index (χ1) is 14.6. The second-order valence-corrected chi connectivity index (χ2v) is 12.4. The molecule has 8 nitrogen and oxygen atoms in total. The quantitative estimate of drug-likeness (QED) is 0.671. The normalized spacial score (nSPS) is 27.5. The molecule has 0 spiro atoms. The van der Waals surface area contributed by atoms with Crippen LogP contribution in [0.15, 0.2) is 24.4 Å². The Kier molecular flexibility index (Phi) is 4.73. The van der Waals surface area contributed by atoms with Gasteiger partial charge in [-0.25, -0.2) is 13.2 Å². The van der Waals surface area contributed by atoms with Crippen molar-refractivity contribution < 1.29 is 13.2 Å². The van der Waals surface area contributed by atoms with Crippen LogP contribution in [0.5, 0.6) is 0 Å². The number of piperidine rings is 1. The maximum atomic E-state index is 13.3. The number of hydrogen-bond donors (Lipinski definition) is 0. The lowest BCUT2D eigenvalue weighted by molar-refractivity contribution is 0.153. The molecule has 4 saturated heterocycles. The number of fused-ring (bicyclic) bond motifs is 5. The monoisotopic (exact) mass is 445 g/mol. The Morgan fingerprint density at radius 2 is 1.84 bits per heavy atom. The van der Waals surface area contributed by atoms with Crippen LogP contribution in [0.2, 0.25) is 0 Å². The second kappa shape index (κ2) is 7.12. The fraction of sp³-hybridized carbons (Fsp3) is 0.636. The fourth-order valence-corrected chi connectivity index (χ4v) is 6.91. The topological polar surface area (TPSA) is 78.8 Å². The Bertz CT molecular complexity index is 1110. The van der Waals surface area contributed by atoms with Crippen molar-refractivity contribution in [2.75, 3.05) is 49.1 Å². The van der Waals surface area contributed by atoms with Gasteiger partial charge in [0.15, 0.2) is 9.84 Å². The zero-order valence-electron chi connectivity index (χ0n) is 18.5. The molecule has 9 heteroatoms. The Labute approximate surface area is 183 Å². The van der Waals surface area contributed by atoms with Crippen molar-refractivity contribution in [3.8, 4) is 0 Å². The number of hydrogen-bond acceptors (Lipinski definition) is 5. The number of urea groups is 1. The zero-order valence-corrected chi connectivity index (χ0v) is 19.3. The molecule has 1 aromatic carbocycles. The first kappa shape index (κ1) is 20.6. The number of benzene rings is 1. The molecule has 4 fully saturated rings. The molecule has 4 aliphatic heterocycles. The smallest absolute Gasteiger partial charge is 0.320 e. The van der Waals surface area contributed by atoms with Crippen LogP contribution in [0.1, 0.15) is 20.3 Å². The van der Waals surface area contributed by atoms with Crippen LogP contribution in [0.3, 0.4) is 0 Å². The fourth-order valence-electron chi connectivity index (χ4n) is 5.71. The Morgan fingerprint density at radius 1 is 1.10 bits per heavy atom. The third-order valence-electron chi connectivity index (χ3n) is 7.37. The molecule has 6 rings (SSSR count). The van der Waals surface area contributed by atoms with Gasteiger partial charge >= 0.3 is 6.03 Å². The molecule has 1 unspecified atom stereocenters. The van der Waals surface area contributed by atoms with Crippen molar-refractivity contribution in [1.29, 1.82) is 0 Å². The molecule has 5 heterocycles. The van der Waals surface area contributed by atoms with Crippen molar-refractivity contribution in [3.63, 3.8) is 0 Å². The minimum atomic E-state index is -3.00. The van der Waals surface area contributed by atoms with Crippen LogP contribution in [0.25, 0.3) is 10.9 Å². The van der Waals surface area contributed by atoms with Gasteiger partial charge in [-0.2, -0.15) is 5.10 Å². The van der Waals surface area contributed by atoms with Crippen molar-refractivity contribution in [2.24, 2.45) is 18.4 Å². The predicted octanol–water partition coefficient (Wildman–Crippen LogP) is 1.96. The zero-order chi connectivity index (χ0) is 22.0. The maximum Gasteiger partial charge on any atom is 0.320 e. The number of anilines is 1. The number of carbonyl (C=O) groups is 1. The van der Waals surface area contributed by atoms with E-state index in [2.05, 4.69) is 42.0 Å². The third kappa shape index (κ3) is 3.66. The van der Waals surface area contributed by atoms with Gasteiger partial charge in [0.1, 0.15) is 0 Å². The molecule has 2 bridgehead atoms. The molecule has 2 amide bonds. The SMILES string of the molecule is Cn1ncc2cc(N3C[C@H]4CN(C(=O)N5CCS(=O)(=O)CC5)CC3C(C)(C)C4)ccc21. The van der Waals surface area contributed by atoms with Gasteiger partial charge in [0.05, 0.1) is 29.3 Å². The summed E-state index contributed by atoms with van der Waals surface area (Å²) in [7, 11) is -1.05. The van der Waals surface area contributed by atoms with Gasteiger partial charge < -0.3 is 14.7 Å². The minimum Gasteiger partial charge on any atom is -0.366 e. The number of nitrogens with zero attached hydrogens (tertiary/aromatic N) is 5. The van der Waals surface area contributed by atoms with Crippen LogP contribution in [-0.4, -0.2) is 84.3 Å². The number of rotatable bonds is 1. The summed E-state index contributed by atoms with van der Waals surface area (Å²) in [5, 5.41) is 5.50. The summed E-state index contributed by atoms with van der Waals surface area (Å²) < 4.78 is 25.4. The lowest BCUT2D eigenvalue weighted by atomic mass is 9.73. The summed E-state index contributed by atoms with van der Waals surface area (Å²) in [6.45, 7) is 7.54. The van der Waals surface area contributed by atoms with Gasteiger partial charge in [-0.1, -0.05) is 13.8 Å². The molecule has 168 valence electrons. The number of amides is 2. The molecule has 2 atom stereocenters. The average molecular weight is 446 g/mol. The number of aryl methyl sites for hydroxylation is 1. The van der Waals surface area contributed by atoms with Gasteiger partial charge in [0.25, 0.3) is 0 Å². The Hall–Kier alpha value is -2.29. The maximum absolute atomic E-state index is 13.3. The summed E-state index contributed by atoms with van der Waals surface area (Å²) in [6.07, 6.45) is 2.99. The van der Waals surface area contributed by atoms with E-state index in [-0.39, 0.29) is 29.0 Å². The van der Waals surface area contributed by atoms with Crippen LogP contribution < -0.4 is 4.90 Å². The summed E-state index contributed by atoms with van der Waals surface area (Å²) >= 11 is 0. The van der Waals surface area contributed by atoms with Crippen LogP contribution in [0, 0.1) is 11.3 Å². The van der Waals surface area contributed by atoms with Crippen LogP contribution in [-0.2, 0) is 16.9 Å². The standard InChI is InChI=1S/C22H31N5O3S/c1-22(2)11-16-13-26(21(28)25-6-8-31(29,30)9-7-25)15-20(22)27(14-16)18-4-5-19-17(10-18)12-23-24(19)3/h4-5,10,12,16,20H,6-9,11,13-15H2,1-3H3/t16-,20?/m1/s1. The first-order valence-electron chi connectivity index (χ1n) is 11.1. The summed E-state index contributed by atoms with van der Waals surface area (Å²) in [5.74, 6) is 0.528. The van der Waals surface area contributed by atoms with E-state index in [4.69, 9.17) is 0 Å². The Balaban J connectivity index is 1.41. The van der Waals surface area contributed by atoms with E-state index in [0.29, 0.717) is 25.6 Å². The molecular weight excluding hydrogens is 414 g/mol. The van der Waals surface area contributed by atoms with E-state index in [0.717, 1.165) is 30.4 Å². The number of aromatic nitrogens is 2. The van der Waals surface area contributed by atoms with Crippen molar-refractivity contribution in [1.82, 2.24) is 19.6 Å². The lowest BCUT2D eigenvalue weighted by Crippen LogP contribution is -2.55. The van der Waals surface area contributed by atoms with E-state index < -0.39 is 9.84 Å². The van der Waals surface area contributed by atoms with Crippen molar-refractivity contribution in [2.45, 2.75) is 26.3 Å². The van der Waals surface area contributed by atoms with Gasteiger partial charge in [-0.05, 0) is 36.0 Å². The summed E-state index contributed by atoms with van der Waals surface area (Å²) in [5.41, 5.74) is 2.37. The Morgan fingerprint density at radius 3 is 2.58 bits per heavy atom. The molecule has 2 aromatic rings. The molecular formula is C22H31N5O3S. The largest absolute Gasteiger partial charge is 0.366 e. The molecule has 0 N–H and O–H groups in total. The van der Waals surface area contributed by atoms with E-state index in [1.54, 1.807) is 4.90 Å². The molecule has 0 aliphatic carbocycles. The highest BCUT2D eigenvalue weighted by molar-refractivity contribution is 7.91. The number of sulfone groups is 1. The van der Waals surface area contributed by atoms with E-state index >= 15 is 0 Å². The molecule has 31 heavy (non-hydrogen) atoms. The van der Waals surface area contributed by atoms with Gasteiger partial charge in [-0.3, -0.25) is 4.68 Å². The number of carbonyl (C=O) groups excluding carboxylic acids is 1. The molecule has 0 radical (unpaired) electrons. The van der Waals surface area contributed by atoms with Crippen LogP contribution >= 0.6 is 0 Å². The predicted molar refractivity (Wildman–Crippen MR) is 121 cm³/mol. The highest BCUT2D eigenvalue weighted by Gasteiger charge is 2.47. The average Bonchev–Trinajstić information content (AvgIpc) is 2.90. The minimum absolute atomic E-state index is 0.00726. The van der Waals surface area contributed by atoms with E-state index in [1.807, 2.05) is 22.8 Å². The molecule has 4 aliphatic rings. The summed E-state index contributed by atoms with van der Waals surface area (Å²) in [4.78, 5) is 19.5. The van der Waals surface area contributed by atoms with Gasteiger partial charge in [-0.15, -0.1) is 0 Å². The van der Waals surface area contributed by atoms with Gasteiger partial charge in [0, 0.05) is 50.8 Å². The highest BCUT2D eigenvalue weighted by Crippen LogP contribution is 2.43. The van der Waals surface area contributed by atoms with Crippen LogP contribution in [0.4, 0.5) is 10.5 Å². The second-order valence-electron chi connectivity index (χ2n) is 10.1. The lowest BCUT2D eigenvalue weighted by Gasteiger charge is -2.48. The van der Waals surface area contributed by atoms with E-state index in [9.17, 15) is 13.2 Å².